The molecule has 6 heteroatoms. The molecule has 21 heavy (non-hydrogen) atoms. The number of esters is 1. The van der Waals surface area contributed by atoms with E-state index < -0.39 is 17.9 Å². The lowest BCUT2D eigenvalue weighted by atomic mass is 10.1. The number of methoxy groups -OCH3 is 1. The van der Waals surface area contributed by atoms with Crippen molar-refractivity contribution in [1.29, 1.82) is 0 Å². The molecule has 0 aliphatic carbocycles. The van der Waals surface area contributed by atoms with E-state index in [4.69, 9.17) is 0 Å². The van der Waals surface area contributed by atoms with Gasteiger partial charge < -0.3 is 15.2 Å². The Morgan fingerprint density at radius 2 is 1.86 bits per heavy atom. The van der Waals surface area contributed by atoms with E-state index in [2.05, 4.69) is 10.1 Å². The van der Waals surface area contributed by atoms with Gasteiger partial charge in [-0.15, -0.1) is 0 Å². The van der Waals surface area contributed by atoms with Crippen molar-refractivity contribution in [3.63, 3.8) is 0 Å². The first kappa shape index (κ1) is 16.7. The number of carbonyl (C=O) groups is 3. The van der Waals surface area contributed by atoms with E-state index in [9.17, 15) is 19.5 Å². The molecule has 0 aromatic heterocycles. The standard InChI is InChI=1S/C15H19NO5/c1-3-11(17)8-9-13(15(20)21-2)16-14(19)10-4-6-12(18)7-5-10/h4-7,13,18H,3,8-9H2,1-2H3,(H,16,19)/t13-/m1/s1. The molecule has 1 amide bonds. The van der Waals surface area contributed by atoms with Crippen LogP contribution in [-0.2, 0) is 14.3 Å². The smallest absolute Gasteiger partial charge is 0.328 e. The molecule has 1 aromatic carbocycles. The summed E-state index contributed by atoms with van der Waals surface area (Å²) in [6.07, 6.45) is 0.787. The second-order valence-electron chi connectivity index (χ2n) is 4.53. The molecule has 0 bridgehead atoms. The molecule has 0 radical (unpaired) electrons. The van der Waals surface area contributed by atoms with Crippen molar-refractivity contribution in [2.24, 2.45) is 0 Å². The normalized spacial score (nSPS) is 11.5. The van der Waals surface area contributed by atoms with Gasteiger partial charge in [0, 0.05) is 18.4 Å². The van der Waals surface area contributed by atoms with Gasteiger partial charge in [0.15, 0.2) is 0 Å². The minimum atomic E-state index is -0.869. The highest BCUT2D eigenvalue weighted by molar-refractivity contribution is 5.97. The van der Waals surface area contributed by atoms with Crippen LogP contribution in [-0.4, -0.2) is 35.9 Å². The summed E-state index contributed by atoms with van der Waals surface area (Å²) in [5.74, 6) is -0.993. The molecule has 1 aromatic rings. The second-order valence-corrected chi connectivity index (χ2v) is 4.53. The van der Waals surface area contributed by atoms with Gasteiger partial charge in [0.25, 0.3) is 5.91 Å². The summed E-state index contributed by atoms with van der Waals surface area (Å²) in [4.78, 5) is 35.0. The minimum absolute atomic E-state index is 0.0165. The van der Waals surface area contributed by atoms with Crippen LogP contribution >= 0.6 is 0 Å². The zero-order valence-corrected chi connectivity index (χ0v) is 12.1. The Morgan fingerprint density at radius 3 is 2.38 bits per heavy atom. The lowest BCUT2D eigenvalue weighted by molar-refractivity contribution is -0.143. The Bertz CT molecular complexity index is 509. The van der Waals surface area contributed by atoms with E-state index in [1.165, 1.54) is 31.4 Å². The summed E-state index contributed by atoms with van der Waals surface area (Å²) in [6.45, 7) is 1.74. The fourth-order valence-corrected chi connectivity index (χ4v) is 1.73. The number of phenolic OH excluding ortho intramolecular Hbond substituents is 1. The van der Waals surface area contributed by atoms with Gasteiger partial charge >= 0.3 is 5.97 Å². The minimum Gasteiger partial charge on any atom is -0.508 e. The molecule has 1 atom stereocenters. The first-order chi connectivity index (χ1) is 9.97. The fourth-order valence-electron chi connectivity index (χ4n) is 1.73. The summed E-state index contributed by atoms with van der Waals surface area (Å²) in [6, 6.07) is 4.77. The topological polar surface area (TPSA) is 92.7 Å². The molecule has 0 saturated heterocycles. The van der Waals surface area contributed by atoms with Gasteiger partial charge in [0.1, 0.15) is 17.6 Å². The molecule has 0 heterocycles. The Morgan fingerprint density at radius 1 is 1.24 bits per heavy atom. The van der Waals surface area contributed by atoms with E-state index in [-0.39, 0.29) is 24.4 Å². The van der Waals surface area contributed by atoms with Crippen LogP contribution in [0.1, 0.15) is 36.5 Å². The first-order valence-electron chi connectivity index (χ1n) is 6.67. The molecule has 0 unspecified atom stereocenters. The number of rotatable bonds is 7. The number of aromatic hydroxyl groups is 1. The SMILES string of the molecule is CCC(=O)CC[C@@H](NC(=O)c1ccc(O)cc1)C(=O)OC. The number of hydrogen-bond acceptors (Lipinski definition) is 5. The van der Waals surface area contributed by atoms with Crippen LogP contribution in [0.25, 0.3) is 0 Å². The molecule has 0 aliphatic rings. The number of hydrogen-bond donors (Lipinski definition) is 2. The van der Waals surface area contributed by atoms with E-state index in [0.717, 1.165) is 0 Å². The van der Waals surface area contributed by atoms with Gasteiger partial charge in [-0.25, -0.2) is 4.79 Å². The number of nitrogens with one attached hydrogen (secondary N) is 1. The predicted octanol–water partition coefficient (Wildman–Crippen LogP) is 1.42. The van der Waals surface area contributed by atoms with Gasteiger partial charge in [0.2, 0.25) is 0 Å². The van der Waals surface area contributed by atoms with Crippen LogP contribution in [0, 0.1) is 0 Å². The molecule has 6 nitrogen and oxygen atoms in total. The number of ketones is 1. The summed E-state index contributed by atoms with van der Waals surface area (Å²) < 4.78 is 4.63. The highest BCUT2D eigenvalue weighted by Gasteiger charge is 2.22. The average Bonchev–Trinajstić information content (AvgIpc) is 2.50. The monoisotopic (exact) mass is 293 g/mol. The highest BCUT2D eigenvalue weighted by atomic mass is 16.5. The van der Waals surface area contributed by atoms with Crippen molar-refractivity contribution in [3.8, 4) is 5.75 Å². The molecular weight excluding hydrogens is 274 g/mol. The molecule has 2 N–H and O–H groups in total. The summed E-state index contributed by atoms with van der Waals surface area (Å²) >= 11 is 0. The highest BCUT2D eigenvalue weighted by Crippen LogP contribution is 2.10. The molecule has 0 spiro atoms. The summed E-state index contributed by atoms with van der Waals surface area (Å²) in [5.41, 5.74) is 0.309. The van der Waals surface area contributed by atoms with Crippen molar-refractivity contribution in [3.05, 3.63) is 29.8 Å². The third-order valence-electron chi connectivity index (χ3n) is 3.03. The van der Waals surface area contributed by atoms with Crippen molar-refractivity contribution in [2.75, 3.05) is 7.11 Å². The van der Waals surface area contributed by atoms with Crippen LogP contribution in [0.3, 0.4) is 0 Å². The third kappa shape index (κ3) is 5.25. The maximum Gasteiger partial charge on any atom is 0.328 e. The Labute approximate surface area is 123 Å². The molecule has 0 aliphatic heterocycles. The van der Waals surface area contributed by atoms with Crippen molar-refractivity contribution >= 4 is 17.7 Å². The van der Waals surface area contributed by atoms with E-state index in [1.54, 1.807) is 6.92 Å². The first-order valence-corrected chi connectivity index (χ1v) is 6.67. The van der Waals surface area contributed by atoms with Crippen molar-refractivity contribution < 1.29 is 24.2 Å². The van der Waals surface area contributed by atoms with Gasteiger partial charge in [-0.3, -0.25) is 9.59 Å². The van der Waals surface area contributed by atoms with Crippen LogP contribution in [0.15, 0.2) is 24.3 Å². The number of amides is 1. The molecule has 0 fully saturated rings. The zero-order valence-electron chi connectivity index (χ0n) is 12.1. The maximum atomic E-state index is 12.0. The molecule has 114 valence electrons. The Balaban J connectivity index is 2.71. The number of Topliss-reactive ketones (excluding diaryl/α,β-unsaturated/α-hetero) is 1. The van der Waals surface area contributed by atoms with Gasteiger partial charge in [0.05, 0.1) is 7.11 Å². The van der Waals surface area contributed by atoms with Crippen LogP contribution in [0.2, 0.25) is 0 Å². The molecule has 0 saturated carbocycles. The number of benzene rings is 1. The predicted molar refractivity (Wildman–Crippen MR) is 75.9 cm³/mol. The molecule has 1 rings (SSSR count). The average molecular weight is 293 g/mol. The lowest BCUT2D eigenvalue weighted by Gasteiger charge is -2.16. The maximum absolute atomic E-state index is 12.0. The number of phenols is 1. The van der Waals surface area contributed by atoms with E-state index in [0.29, 0.717) is 12.0 Å². The van der Waals surface area contributed by atoms with Gasteiger partial charge in [-0.05, 0) is 30.7 Å². The summed E-state index contributed by atoms with van der Waals surface area (Å²) in [7, 11) is 1.23. The van der Waals surface area contributed by atoms with Crippen LogP contribution < -0.4 is 5.32 Å². The second kappa shape index (κ2) is 8.04. The van der Waals surface area contributed by atoms with Crippen LogP contribution in [0.4, 0.5) is 0 Å². The summed E-state index contributed by atoms with van der Waals surface area (Å²) in [5, 5.41) is 11.7. The third-order valence-corrected chi connectivity index (χ3v) is 3.03. The Hall–Kier alpha value is -2.37. The zero-order chi connectivity index (χ0) is 15.8. The number of carbonyl (C=O) groups excluding carboxylic acids is 3. The number of ether oxygens (including phenoxy) is 1. The quantitative estimate of drug-likeness (QED) is 0.742. The van der Waals surface area contributed by atoms with Gasteiger partial charge in [-0.2, -0.15) is 0 Å². The Kier molecular flexibility index (Phi) is 6.39. The van der Waals surface area contributed by atoms with Crippen molar-refractivity contribution in [2.45, 2.75) is 32.2 Å². The largest absolute Gasteiger partial charge is 0.508 e. The van der Waals surface area contributed by atoms with Crippen LogP contribution in [0.5, 0.6) is 5.75 Å². The lowest BCUT2D eigenvalue weighted by Crippen LogP contribution is -2.41. The van der Waals surface area contributed by atoms with E-state index >= 15 is 0 Å². The van der Waals surface area contributed by atoms with Gasteiger partial charge in [-0.1, -0.05) is 6.92 Å². The van der Waals surface area contributed by atoms with E-state index in [1.807, 2.05) is 0 Å². The fraction of sp³-hybridized carbons (Fsp3) is 0.400. The molecular formula is C15H19NO5. The van der Waals surface area contributed by atoms with Crippen molar-refractivity contribution in [1.82, 2.24) is 5.32 Å².